The second kappa shape index (κ2) is 6.43. The summed E-state index contributed by atoms with van der Waals surface area (Å²) in [6, 6.07) is 9.11. The van der Waals surface area contributed by atoms with Crippen LogP contribution in [0.15, 0.2) is 42.2 Å². The van der Waals surface area contributed by atoms with E-state index in [-0.39, 0.29) is 6.10 Å². The predicted octanol–water partition coefficient (Wildman–Crippen LogP) is 3.64. The molecule has 3 aromatic rings. The third kappa shape index (κ3) is 3.04. The maximum absolute atomic E-state index is 5.94. The minimum atomic E-state index is 0.146. The van der Waals surface area contributed by atoms with Crippen LogP contribution in [0.4, 0.5) is 0 Å². The number of imidazole rings is 1. The number of nitrogens with zero attached hydrogens (tertiary/aromatic N) is 2. The highest BCUT2D eigenvalue weighted by Gasteiger charge is 2.25. The molecule has 4 nitrogen and oxygen atoms in total. The van der Waals surface area contributed by atoms with Crippen molar-refractivity contribution in [1.82, 2.24) is 14.9 Å². The van der Waals surface area contributed by atoms with Crippen molar-refractivity contribution in [2.24, 2.45) is 7.05 Å². The summed E-state index contributed by atoms with van der Waals surface area (Å²) in [7, 11) is 2.03. The molecule has 1 N–H and O–H groups in total. The van der Waals surface area contributed by atoms with Crippen molar-refractivity contribution in [2.75, 3.05) is 6.61 Å². The fourth-order valence-electron chi connectivity index (χ4n) is 3.29. The van der Waals surface area contributed by atoms with E-state index in [1.54, 1.807) is 0 Å². The molecular weight excluding hydrogens is 306 g/mol. The lowest BCUT2D eigenvalue weighted by Crippen LogP contribution is -2.36. The van der Waals surface area contributed by atoms with E-state index in [0.29, 0.717) is 6.04 Å². The molecular formula is C18H21N3OS. The zero-order chi connectivity index (χ0) is 15.6. The number of nitrogens with one attached hydrogen (secondary N) is 1. The van der Waals surface area contributed by atoms with E-state index in [9.17, 15) is 0 Å². The largest absolute Gasteiger partial charge is 0.372 e. The van der Waals surface area contributed by atoms with Crippen molar-refractivity contribution in [3.05, 3.63) is 53.4 Å². The first-order chi connectivity index (χ1) is 11.3. The van der Waals surface area contributed by atoms with Gasteiger partial charge in [-0.1, -0.05) is 18.2 Å². The van der Waals surface area contributed by atoms with Crippen LogP contribution in [0.1, 0.15) is 30.2 Å². The van der Waals surface area contributed by atoms with Gasteiger partial charge in [-0.2, -0.15) is 0 Å². The van der Waals surface area contributed by atoms with E-state index in [0.717, 1.165) is 31.7 Å². The third-order valence-electron chi connectivity index (χ3n) is 4.61. The highest BCUT2D eigenvalue weighted by atomic mass is 32.1. The van der Waals surface area contributed by atoms with Gasteiger partial charge in [0.05, 0.1) is 18.2 Å². The topological polar surface area (TPSA) is 39.1 Å². The number of benzene rings is 1. The van der Waals surface area contributed by atoms with Gasteiger partial charge in [-0.05, 0) is 35.2 Å². The molecule has 2 aromatic heterocycles. The Morgan fingerprint density at radius 1 is 1.39 bits per heavy atom. The first-order valence-electron chi connectivity index (χ1n) is 8.07. The number of aryl methyl sites for hydroxylation is 1. The smallest absolute Gasteiger partial charge is 0.100 e. The van der Waals surface area contributed by atoms with Gasteiger partial charge >= 0.3 is 0 Å². The molecule has 4 rings (SSSR count). The molecule has 5 heteroatoms. The molecule has 1 saturated heterocycles. The first kappa shape index (κ1) is 14.9. The highest BCUT2D eigenvalue weighted by Crippen LogP contribution is 2.29. The molecule has 0 saturated carbocycles. The van der Waals surface area contributed by atoms with Crippen LogP contribution >= 0.6 is 11.3 Å². The lowest BCUT2D eigenvalue weighted by atomic mass is 10.0. The highest BCUT2D eigenvalue weighted by molar-refractivity contribution is 7.17. The lowest BCUT2D eigenvalue weighted by Gasteiger charge is -2.30. The molecule has 0 spiro atoms. The van der Waals surface area contributed by atoms with Gasteiger partial charge in [-0.15, -0.1) is 11.3 Å². The van der Waals surface area contributed by atoms with Crippen LogP contribution in [-0.4, -0.2) is 22.2 Å². The Balaban J connectivity index is 1.42. The van der Waals surface area contributed by atoms with Crippen molar-refractivity contribution in [1.29, 1.82) is 0 Å². The van der Waals surface area contributed by atoms with Gasteiger partial charge in [-0.25, -0.2) is 4.98 Å². The van der Waals surface area contributed by atoms with Gasteiger partial charge in [0.1, 0.15) is 6.10 Å². The molecule has 1 aromatic carbocycles. The molecule has 1 fully saturated rings. The molecule has 0 aliphatic carbocycles. The maximum atomic E-state index is 5.94. The monoisotopic (exact) mass is 327 g/mol. The first-order valence-corrected chi connectivity index (χ1v) is 8.95. The Kier molecular flexibility index (Phi) is 4.16. The minimum absolute atomic E-state index is 0.146. The quantitative estimate of drug-likeness (QED) is 0.795. The molecule has 2 atom stereocenters. The van der Waals surface area contributed by atoms with E-state index in [4.69, 9.17) is 4.74 Å². The maximum Gasteiger partial charge on any atom is 0.100 e. The number of rotatable bonds is 4. The van der Waals surface area contributed by atoms with Crippen LogP contribution in [0.5, 0.6) is 0 Å². The molecule has 0 unspecified atom stereocenters. The van der Waals surface area contributed by atoms with E-state index in [1.807, 2.05) is 30.9 Å². The Labute approximate surface area is 140 Å². The molecule has 120 valence electrons. The molecule has 1 aliphatic heterocycles. The number of hydrogen-bond acceptors (Lipinski definition) is 4. The van der Waals surface area contributed by atoms with Gasteiger partial charge in [0.25, 0.3) is 0 Å². The number of hydrogen-bond donors (Lipinski definition) is 1. The van der Waals surface area contributed by atoms with Crippen molar-refractivity contribution < 1.29 is 4.74 Å². The third-order valence-corrected chi connectivity index (χ3v) is 5.62. The van der Waals surface area contributed by atoms with Crippen molar-refractivity contribution in [3.63, 3.8) is 0 Å². The Hall–Kier alpha value is -1.69. The minimum Gasteiger partial charge on any atom is -0.372 e. The van der Waals surface area contributed by atoms with Crippen LogP contribution in [0.3, 0.4) is 0 Å². The second-order valence-electron chi connectivity index (χ2n) is 6.15. The second-order valence-corrected chi connectivity index (χ2v) is 7.06. The molecule has 0 radical (unpaired) electrons. The summed E-state index contributed by atoms with van der Waals surface area (Å²) in [4.78, 5) is 4.21. The number of aromatic nitrogens is 2. The van der Waals surface area contributed by atoms with Crippen LogP contribution in [0.25, 0.3) is 10.1 Å². The average molecular weight is 327 g/mol. The van der Waals surface area contributed by atoms with Gasteiger partial charge in [0, 0.05) is 30.9 Å². The van der Waals surface area contributed by atoms with E-state index in [1.165, 1.54) is 15.6 Å². The zero-order valence-electron chi connectivity index (χ0n) is 13.2. The van der Waals surface area contributed by atoms with E-state index < -0.39 is 0 Å². The molecule has 3 heterocycles. The fourth-order valence-corrected chi connectivity index (χ4v) is 4.25. The van der Waals surface area contributed by atoms with Gasteiger partial charge in [-0.3, -0.25) is 0 Å². The van der Waals surface area contributed by atoms with Crippen LogP contribution in [0.2, 0.25) is 0 Å². The standard InChI is InChI=1S/C18H21N3OS/c1-21-12-19-10-16(21)17-8-14(6-7-22-17)20-9-13-11-23-18-5-3-2-4-15(13)18/h2-5,10-12,14,17,20H,6-9H2,1H3/t14-,17+/m0/s1. The lowest BCUT2D eigenvalue weighted by molar-refractivity contribution is -0.00402. The summed E-state index contributed by atoms with van der Waals surface area (Å²) < 4.78 is 9.36. The fraction of sp³-hybridized carbons (Fsp3) is 0.389. The Morgan fingerprint density at radius 3 is 3.17 bits per heavy atom. The average Bonchev–Trinajstić information content (AvgIpc) is 3.19. The van der Waals surface area contributed by atoms with E-state index >= 15 is 0 Å². The zero-order valence-corrected chi connectivity index (χ0v) is 14.1. The van der Waals surface area contributed by atoms with Gasteiger partial charge in [0.15, 0.2) is 0 Å². The van der Waals surface area contributed by atoms with Gasteiger partial charge in [0.2, 0.25) is 0 Å². The van der Waals surface area contributed by atoms with E-state index in [2.05, 4.69) is 44.5 Å². The molecule has 0 amide bonds. The number of ether oxygens (including phenoxy) is 1. The van der Waals surface area contributed by atoms with Crippen LogP contribution in [-0.2, 0) is 18.3 Å². The summed E-state index contributed by atoms with van der Waals surface area (Å²) in [6.45, 7) is 1.73. The number of thiophene rings is 1. The normalized spacial score (nSPS) is 21.8. The Morgan fingerprint density at radius 2 is 2.30 bits per heavy atom. The summed E-state index contributed by atoms with van der Waals surface area (Å²) >= 11 is 1.82. The molecule has 0 bridgehead atoms. The summed E-state index contributed by atoms with van der Waals surface area (Å²) in [5.41, 5.74) is 2.56. The number of fused-ring (bicyclic) bond motifs is 1. The summed E-state index contributed by atoms with van der Waals surface area (Å²) in [6.07, 6.45) is 5.97. The van der Waals surface area contributed by atoms with Crippen LogP contribution in [0, 0.1) is 0 Å². The summed E-state index contributed by atoms with van der Waals surface area (Å²) in [5, 5.41) is 7.37. The van der Waals surface area contributed by atoms with Crippen LogP contribution < -0.4 is 5.32 Å². The van der Waals surface area contributed by atoms with Crippen molar-refractivity contribution in [2.45, 2.75) is 31.5 Å². The Bertz CT molecular complexity index is 794. The molecule has 23 heavy (non-hydrogen) atoms. The summed E-state index contributed by atoms with van der Waals surface area (Å²) in [5.74, 6) is 0. The van der Waals surface area contributed by atoms with Gasteiger partial charge < -0.3 is 14.6 Å². The molecule has 1 aliphatic rings. The van der Waals surface area contributed by atoms with Crippen molar-refractivity contribution >= 4 is 21.4 Å². The SMILES string of the molecule is Cn1cncc1[C@H]1C[C@@H](NCc2csc3ccccc23)CCO1. The predicted molar refractivity (Wildman–Crippen MR) is 93.6 cm³/mol. The van der Waals surface area contributed by atoms with Crippen molar-refractivity contribution in [3.8, 4) is 0 Å².